The van der Waals surface area contributed by atoms with E-state index in [1.807, 2.05) is 39.0 Å². The minimum Gasteiger partial charge on any atom is -0.324 e. The molecule has 3 heteroatoms. The van der Waals surface area contributed by atoms with E-state index in [0.29, 0.717) is 12.8 Å². The standard InChI is InChI=1S/C16H25FN2/c1-11(2)16(4,17)9-8-14(18)13-10-12(3)6-7-15(13)19-5/h6-7,10-11,14H,5,8-9,18H2,1-4H3. The summed E-state index contributed by atoms with van der Waals surface area (Å²) in [5.41, 5.74) is 7.89. The van der Waals surface area contributed by atoms with Crippen molar-refractivity contribution in [3.8, 4) is 0 Å². The van der Waals surface area contributed by atoms with Gasteiger partial charge in [0.05, 0.1) is 5.69 Å². The van der Waals surface area contributed by atoms with Gasteiger partial charge in [0.2, 0.25) is 0 Å². The van der Waals surface area contributed by atoms with Gasteiger partial charge in [0.15, 0.2) is 0 Å². The number of benzene rings is 1. The summed E-state index contributed by atoms with van der Waals surface area (Å²) in [6.07, 6.45) is 1.06. The summed E-state index contributed by atoms with van der Waals surface area (Å²) >= 11 is 0. The van der Waals surface area contributed by atoms with E-state index in [-0.39, 0.29) is 12.0 Å². The van der Waals surface area contributed by atoms with E-state index in [2.05, 4.69) is 11.7 Å². The number of halogens is 1. The molecule has 0 fully saturated rings. The molecule has 0 radical (unpaired) electrons. The molecule has 106 valence electrons. The second kappa shape index (κ2) is 6.29. The number of nitrogens with zero attached hydrogens (tertiary/aromatic N) is 1. The largest absolute Gasteiger partial charge is 0.324 e. The Bertz CT molecular complexity index is 438. The van der Waals surface area contributed by atoms with Gasteiger partial charge in [-0.05, 0) is 51.0 Å². The summed E-state index contributed by atoms with van der Waals surface area (Å²) in [5, 5.41) is 0. The number of nitrogens with two attached hydrogens (primary N) is 1. The van der Waals surface area contributed by atoms with Crippen LogP contribution >= 0.6 is 0 Å². The Kier molecular flexibility index (Phi) is 5.24. The van der Waals surface area contributed by atoms with Crippen LogP contribution in [-0.4, -0.2) is 12.4 Å². The maximum absolute atomic E-state index is 14.3. The fraction of sp³-hybridized carbons (Fsp3) is 0.562. The first-order valence-corrected chi connectivity index (χ1v) is 6.79. The van der Waals surface area contributed by atoms with Crippen LogP contribution in [0, 0.1) is 12.8 Å². The number of hydrogen-bond donors (Lipinski definition) is 1. The van der Waals surface area contributed by atoms with Crippen molar-refractivity contribution in [2.45, 2.75) is 52.2 Å². The lowest BCUT2D eigenvalue weighted by molar-refractivity contribution is 0.106. The van der Waals surface area contributed by atoms with Crippen molar-refractivity contribution in [1.29, 1.82) is 0 Å². The predicted molar refractivity (Wildman–Crippen MR) is 80.9 cm³/mol. The Morgan fingerprint density at radius 2 is 2.05 bits per heavy atom. The van der Waals surface area contributed by atoms with Gasteiger partial charge in [-0.1, -0.05) is 31.5 Å². The summed E-state index contributed by atoms with van der Waals surface area (Å²) in [6, 6.07) is 5.70. The van der Waals surface area contributed by atoms with Crippen molar-refractivity contribution >= 4 is 12.4 Å². The third kappa shape index (κ3) is 4.13. The van der Waals surface area contributed by atoms with Crippen molar-refractivity contribution in [3.05, 3.63) is 29.3 Å². The average molecular weight is 264 g/mol. The van der Waals surface area contributed by atoms with Crippen LogP contribution < -0.4 is 5.73 Å². The van der Waals surface area contributed by atoms with Crippen LogP contribution in [0.25, 0.3) is 0 Å². The Labute approximate surface area is 115 Å². The van der Waals surface area contributed by atoms with Crippen molar-refractivity contribution in [2.75, 3.05) is 0 Å². The van der Waals surface area contributed by atoms with Gasteiger partial charge in [-0.15, -0.1) is 0 Å². The number of aryl methyl sites for hydroxylation is 1. The van der Waals surface area contributed by atoms with Gasteiger partial charge in [-0.25, -0.2) is 4.39 Å². The first-order chi connectivity index (χ1) is 8.77. The van der Waals surface area contributed by atoms with Gasteiger partial charge in [0.25, 0.3) is 0 Å². The molecule has 19 heavy (non-hydrogen) atoms. The third-order valence-corrected chi connectivity index (χ3v) is 3.90. The average Bonchev–Trinajstić information content (AvgIpc) is 2.35. The molecule has 2 unspecified atom stereocenters. The summed E-state index contributed by atoms with van der Waals surface area (Å²) in [7, 11) is 0. The van der Waals surface area contributed by atoms with Crippen molar-refractivity contribution in [1.82, 2.24) is 0 Å². The predicted octanol–water partition coefficient (Wildman–Crippen LogP) is 4.49. The Balaban J connectivity index is 2.81. The van der Waals surface area contributed by atoms with E-state index in [1.54, 1.807) is 6.92 Å². The quantitative estimate of drug-likeness (QED) is 0.755. The number of aliphatic imine (C=N–C) groups is 1. The molecule has 2 atom stereocenters. The first kappa shape index (κ1) is 15.8. The molecular weight excluding hydrogens is 239 g/mol. The van der Waals surface area contributed by atoms with Gasteiger partial charge in [-0.3, -0.25) is 4.99 Å². The van der Waals surface area contributed by atoms with Crippen LogP contribution in [-0.2, 0) is 0 Å². The number of rotatable bonds is 6. The summed E-state index contributed by atoms with van der Waals surface area (Å²) in [6.45, 7) is 11.0. The molecule has 0 aliphatic rings. The van der Waals surface area contributed by atoms with E-state index < -0.39 is 5.67 Å². The lowest BCUT2D eigenvalue weighted by Crippen LogP contribution is -2.27. The molecule has 0 saturated heterocycles. The maximum atomic E-state index is 14.3. The fourth-order valence-corrected chi connectivity index (χ4v) is 2.00. The SMILES string of the molecule is C=Nc1ccc(C)cc1C(N)CCC(C)(F)C(C)C. The molecule has 0 saturated carbocycles. The van der Waals surface area contributed by atoms with Crippen molar-refractivity contribution < 1.29 is 4.39 Å². The van der Waals surface area contributed by atoms with Crippen LogP contribution in [0.3, 0.4) is 0 Å². The van der Waals surface area contributed by atoms with Gasteiger partial charge < -0.3 is 5.73 Å². The Morgan fingerprint density at radius 3 is 2.58 bits per heavy atom. The maximum Gasteiger partial charge on any atom is 0.110 e. The van der Waals surface area contributed by atoms with Gasteiger partial charge in [0, 0.05) is 6.04 Å². The highest BCUT2D eigenvalue weighted by Crippen LogP contribution is 2.33. The van der Waals surface area contributed by atoms with Gasteiger partial charge >= 0.3 is 0 Å². The molecule has 0 bridgehead atoms. The van der Waals surface area contributed by atoms with Crippen molar-refractivity contribution in [3.63, 3.8) is 0 Å². The molecule has 2 nitrogen and oxygen atoms in total. The van der Waals surface area contributed by atoms with Crippen LogP contribution in [0.5, 0.6) is 0 Å². The van der Waals surface area contributed by atoms with Crippen LogP contribution in [0.4, 0.5) is 10.1 Å². The minimum atomic E-state index is -1.18. The molecule has 0 spiro atoms. The Hall–Kier alpha value is -1.22. The summed E-state index contributed by atoms with van der Waals surface area (Å²) in [5.74, 6) is -0.00536. The number of alkyl halides is 1. The Morgan fingerprint density at radius 1 is 1.42 bits per heavy atom. The normalized spacial score (nSPS) is 16.2. The molecule has 0 aliphatic heterocycles. The van der Waals surface area contributed by atoms with Gasteiger partial charge in [0.1, 0.15) is 5.67 Å². The highest BCUT2D eigenvalue weighted by Gasteiger charge is 2.28. The zero-order valence-corrected chi connectivity index (χ0v) is 12.4. The summed E-state index contributed by atoms with van der Waals surface area (Å²) < 4.78 is 14.3. The monoisotopic (exact) mass is 264 g/mol. The molecule has 1 aromatic rings. The highest BCUT2D eigenvalue weighted by molar-refractivity contribution is 5.53. The molecule has 0 aliphatic carbocycles. The zero-order valence-electron chi connectivity index (χ0n) is 12.4. The van der Waals surface area contributed by atoms with Crippen LogP contribution in [0.15, 0.2) is 23.2 Å². The molecule has 0 amide bonds. The van der Waals surface area contributed by atoms with E-state index in [9.17, 15) is 4.39 Å². The topological polar surface area (TPSA) is 38.4 Å². The molecular formula is C16H25FN2. The molecule has 1 rings (SSSR count). The second-order valence-electron chi connectivity index (χ2n) is 5.80. The third-order valence-electron chi connectivity index (χ3n) is 3.90. The summed E-state index contributed by atoms with van der Waals surface area (Å²) in [4.78, 5) is 3.99. The fourth-order valence-electron chi connectivity index (χ4n) is 2.00. The lowest BCUT2D eigenvalue weighted by atomic mass is 9.87. The number of hydrogen-bond acceptors (Lipinski definition) is 2. The lowest BCUT2D eigenvalue weighted by Gasteiger charge is -2.26. The smallest absolute Gasteiger partial charge is 0.110 e. The highest BCUT2D eigenvalue weighted by atomic mass is 19.1. The zero-order chi connectivity index (χ0) is 14.6. The molecule has 0 aromatic heterocycles. The minimum absolute atomic E-state index is 0.00536. The van der Waals surface area contributed by atoms with Crippen LogP contribution in [0.2, 0.25) is 0 Å². The molecule has 1 aromatic carbocycles. The molecule has 0 heterocycles. The van der Waals surface area contributed by atoms with Gasteiger partial charge in [-0.2, -0.15) is 0 Å². The van der Waals surface area contributed by atoms with Crippen molar-refractivity contribution in [2.24, 2.45) is 16.6 Å². The van der Waals surface area contributed by atoms with E-state index in [4.69, 9.17) is 5.73 Å². The molecule has 2 N–H and O–H groups in total. The first-order valence-electron chi connectivity index (χ1n) is 6.79. The van der Waals surface area contributed by atoms with E-state index >= 15 is 0 Å². The van der Waals surface area contributed by atoms with Crippen LogP contribution in [0.1, 0.15) is 50.8 Å². The van der Waals surface area contributed by atoms with E-state index in [1.165, 1.54) is 0 Å². The van der Waals surface area contributed by atoms with E-state index in [0.717, 1.165) is 16.8 Å². The second-order valence-corrected chi connectivity index (χ2v) is 5.80.